The second-order valence-corrected chi connectivity index (χ2v) is 1.32. The summed E-state index contributed by atoms with van der Waals surface area (Å²) in [6.45, 7) is 0. The van der Waals surface area contributed by atoms with Crippen molar-refractivity contribution >= 4 is 16.8 Å². The van der Waals surface area contributed by atoms with Crippen molar-refractivity contribution in [3.05, 3.63) is 12.1 Å². The normalized spacial score (nSPS) is 11.1. The van der Waals surface area contributed by atoms with Crippen molar-refractivity contribution < 1.29 is 13.9 Å². The molecule has 0 radical (unpaired) electrons. The van der Waals surface area contributed by atoms with E-state index in [1.807, 2.05) is 0 Å². The number of allylic oxidation sites excluding steroid dienone is 1. The summed E-state index contributed by atoms with van der Waals surface area (Å²) in [6.07, 6.45) is 0.634. The Labute approximate surface area is 50.9 Å². The lowest BCUT2D eigenvalue weighted by Gasteiger charge is -1.84. The molecule has 0 bridgehead atoms. The second kappa shape index (κ2) is 3.43. The smallest absolute Gasteiger partial charge is 0.284 e. The number of ether oxygens (including phenoxy) is 1. The molecule has 2 nitrogen and oxygen atoms in total. The molecule has 0 aliphatic rings. The van der Waals surface area contributed by atoms with E-state index in [9.17, 15) is 9.18 Å². The van der Waals surface area contributed by atoms with Gasteiger partial charge in [-0.25, -0.2) is 0 Å². The first-order chi connectivity index (χ1) is 3.68. The van der Waals surface area contributed by atoms with Crippen LogP contribution in [-0.4, -0.2) is 12.4 Å². The van der Waals surface area contributed by atoms with Gasteiger partial charge in [0, 0.05) is 0 Å². The van der Waals surface area contributed by atoms with Gasteiger partial charge in [0.25, 0.3) is 5.24 Å². The van der Waals surface area contributed by atoms with Gasteiger partial charge in [-0.1, -0.05) is 0 Å². The van der Waals surface area contributed by atoms with Crippen LogP contribution in [0.15, 0.2) is 12.1 Å². The minimum absolute atomic E-state index is 0.634. The van der Waals surface area contributed by atoms with Gasteiger partial charge in [0.05, 0.1) is 7.11 Å². The Morgan fingerprint density at radius 3 is 2.50 bits per heavy atom. The molecule has 0 unspecified atom stereocenters. The topological polar surface area (TPSA) is 26.3 Å². The van der Waals surface area contributed by atoms with Gasteiger partial charge < -0.3 is 4.74 Å². The zero-order chi connectivity index (χ0) is 6.57. The van der Waals surface area contributed by atoms with E-state index < -0.39 is 11.1 Å². The summed E-state index contributed by atoms with van der Waals surface area (Å²) >= 11 is 4.64. The molecule has 0 rings (SSSR count). The average Bonchev–Trinajstić information content (AvgIpc) is 1.67. The minimum atomic E-state index is -1.15. The third kappa shape index (κ3) is 2.58. The second-order valence-electron chi connectivity index (χ2n) is 0.975. The third-order valence-electron chi connectivity index (χ3n) is 0.409. The van der Waals surface area contributed by atoms with E-state index in [1.54, 1.807) is 0 Å². The lowest BCUT2D eigenvalue weighted by atomic mass is 10.6. The molecule has 8 heavy (non-hydrogen) atoms. The molecule has 46 valence electrons. The molecule has 0 fully saturated rings. The molecule has 0 N–H and O–H groups in total. The lowest BCUT2D eigenvalue weighted by Crippen LogP contribution is -1.85. The molecule has 0 heterocycles. The van der Waals surface area contributed by atoms with E-state index in [4.69, 9.17) is 0 Å². The Morgan fingerprint density at radius 2 is 2.38 bits per heavy atom. The maximum absolute atomic E-state index is 11.8. The number of carbonyl (C=O) groups excluding carboxylic acids is 1. The predicted octanol–water partition coefficient (Wildman–Crippen LogP) is 1.21. The van der Waals surface area contributed by atoms with E-state index in [1.165, 1.54) is 7.11 Å². The molecule has 0 aromatic carbocycles. The highest BCUT2D eigenvalue weighted by atomic mass is 35.5. The first-order valence-corrected chi connectivity index (χ1v) is 2.14. The first kappa shape index (κ1) is 7.43. The molecule has 4 heteroatoms. The fourth-order valence-corrected chi connectivity index (χ4v) is 0.194. The Hall–Kier alpha value is -0.570. The van der Waals surface area contributed by atoms with Crippen LogP contribution >= 0.6 is 11.6 Å². The van der Waals surface area contributed by atoms with E-state index in [0.717, 1.165) is 0 Å². The maximum atomic E-state index is 11.8. The maximum Gasteiger partial charge on any atom is 0.284 e. The number of methoxy groups -OCH3 is 1. The largest absolute Gasteiger partial charge is 0.501 e. The van der Waals surface area contributed by atoms with Crippen molar-refractivity contribution in [1.29, 1.82) is 0 Å². The highest BCUT2D eigenvalue weighted by Gasteiger charge is 2.01. The van der Waals surface area contributed by atoms with Crippen LogP contribution in [0.3, 0.4) is 0 Å². The van der Waals surface area contributed by atoms with Gasteiger partial charge in [-0.15, -0.1) is 0 Å². The number of hydrogen-bond acceptors (Lipinski definition) is 2. The van der Waals surface area contributed by atoms with Crippen molar-refractivity contribution in [1.82, 2.24) is 0 Å². The van der Waals surface area contributed by atoms with Crippen LogP contribution in [0, 0.1) is 0 Å². The Balaban J connectivity index is 3.80. The number of rotatable bonds is 2. The zero-order valence-electron chi connectivity index (χ0n) is 4.15. The van der Waals surface area contributed by atoms with E-state index in [-0.39, 0.29) is 0 Å². The van der Waals surface area contributed by atoms with Gasteiger partial charge >= 0.3 is 0 Å². The highest BCUT2D eigenvalue weighted by molar-refractivity contribution is 6.67. The first-order valence-electron chi connectivity index (χ1n) is 1.76. The van der Waals surface area contributed by atoms with E-state index in [0.29, 0.717) is 6.26 Å². The molecular weight excluding hydrogens is 134 g/mol. The Morgan fingerprint density at radius 1 is 1.88 bits per heavy atom. The lowest BCUT2D eigenvalue weighted by molar-refractivity contribution is -0.109. The molecule has 0 aromatic heterocycles. The Kier molecular flexibility index (Phi) is 3.19. The summed E-state index contributed by atoms with van der Waals surface area (Å²) in [5, 5.41) is -1.15. The molecular formula is C4H4ClFO2. The average molecular weight is 139 g/mol. The number of halogens is 2. The summed E-state index contributed by atoms with van der Waals surface area (Å²) in [5.74, 6) is -1.09. The molecule has 0 spiro atoms. The van der Waals surface area contributed by atoms with Crippen LogP contribution in [-0.2, 0) is 9.53 Å². The Bertz CT molecular complexity index is 121. The fourth-order valence-electron chi connectivity index (χ4n) is 0.150. The molecule has 0 saturated heterocycles. The quantitative estimate of drug-likeness (QED) is 0.326. The summed E-state index contributed by atoms with van der Waals surface area (Å²) in [6, 6.07) is 0. The van der Waals surface area contributed by atoms with Crippen LogP contribution < -0.4 is 0 Å². The highest BCUT2D eigenvalue weighted by Crippen LogP contribution is 2.00. The van der Waals surface area contributed by atoms with E-state index in [2.05, 4.69) is 16.3 Å². The monoisotopic (exact) mass is 138 g/mol. The minimum Gasteiger partial charge on any atom is -0.501 e. The van der Waals surface area contributed by atoms with Crippen molar-refractivity contribution in [2.24, 2.45) is 0 Å². The van der Waals surface area contributed by atoms with Crippen LogP contribution in [0.4, 0.5) is 4.39 Å². The van der Waals surface area contributed by atoms with Gasteiger partial charge in [0.1, 0.15) is 6.26 Å². The van der Waals surface area contributed by atoms with Crippen LogP contribution in [0.1, 0.15) is 0 Å². The van der Waals surface area contributed by atoms with Gasteiger partial charge in [-0.05, 0) is 11.6 Å². The molecule has 0 saturated carbocycles. The number of carbonyl (C=O) groups is 1. The summed E-state index contributed by atoms with van der Waals surface area (Å²) in [5.41, 5.74) is 0. The van der Waals surface area contributed by atoms with Gasteiger partial charge in [0.15, 0.2) is 0 Å². The van der Waals surface area contributed by atoms with Crippen LogP contribution in [0.2, 0.25) is 0 Å². The van der Waals surface area contributed by atoms with Gasteiger partial charge in [0.2, 0.25) is 5.83 Å². The SMILES string of the molecule is CO/C=C(\F)C(=O)Cl. The van der Waals surface area contributed by atoms with Crippen molar-refractivity contribution in [3.8, 4) is 0 Å². The van der Waals surface area contributed by atoms with Crippen LogP contribution in [0.25, 0.3) is 0 Å². The standard InChI is InChI=1S/C4H4ClFO2/c1-8-2-3(6)4(5)7/h2H,1H3/b3-2-. The zero-order valence-corrected chi connectivity index (χ0v) is 4.91. The van der Waals surface area contributed by atoms with Crippen molar-refractivity contribution in [3.63, 3.8) is 0 Å². The third-order valence-corrected chi connectivity index (χ3v) is 0.590. The van der Waals surface area contributed by atoms with Gasteiger partial charge in [-0.2, -0.15) is 4.39 Å². The molecule has 0 aliphatic heterocycles. The molecule has 0 atom stereocenters. The summed E-state index contributed by atoms with van der Waals surface area (Å²) in [7, 11) is 1.22. The molecule has 0 amide bonds. The fraction of sp³-hybridized carbons (Fsp3) is 0.250. The van der Waals surface area contributed by atoms with Crippen molar-refractivity contribution in [2.75, 3.05) is 7.11 Å². The molecule has 0 aliphatic carbocycles. The van der Waals surface area contributed by atoms with Crippen LogP contribution in [0.5, 0.6) is 0 Å². The van der Waals surface area contributed by atoms with Gasteiger partial charge in [-0.3, -0.25) is 4.79 Å². The summed E-state index contributed by atoms with van der Waals surface area (Å²) in [4.78, 5) is 9.78. The molecule has 0 aromatic rings. The van der Waals surface area contributed by atoms with E-state index >= 15 is 0 Å². The summed E-state index contributed by atoms with van der Waals surface area (Å²) < 4.78 is 15.9. The predicted molar refractivity (Wildman–Crippen MR) is 27.1 cm³/mol. The number of hydrogen-bond donors (Lipinski definition) is 0. The van der Waals surface area contributed by atoms with Crippen molar-refractivity contribution in [2.45, 2.75) is 0 Å².